The van der Waals surface area contributed by atoms with Gasteiger partial charge in [0.2, 0.25) is 0 Å². The van der Waals surface area contributed by atoms with E-state index in [1.807, 2.05) is 18.4 Å². The number of thiophene rings is 1. The van der Waals surface area contributed by atoms with Gasteiger partial charge in [-0.25, -0.2) is 0 Å². The Morgan fingerprint density at radius 1 is 1.58 bits per heavy atom. The van der Waals surface area contributed by atoms with Crippen LogP contribution >= 0.6 is 27.3 Å². The van der Waals surface area contributed by atoms with Crippen LogP contribution in [0.1, 0.15) is 18.7 Å². The van der Waals surface area contributed by atoms with Crippen LogP contribution in [0.5, 0.6) is 0 Å². The second kappa shape index (κ2) is 7.18. The van der Waals surface area contributed by atoms with E-state index in [1.165, 1.54) is 9.35 Å². The minimum atomic E-state index is 0.273. The van der Waals surface area contributed by atoms with E-state index in [0.29, 0.717) is 12.1 Å². The van der Waals surface area contributed by atoms with Gasteiger partial charge in [0.05, 0.1) is 12.7 Å². The molecule has 108 valence electrons. The number of ether oxygens (including phenoxy) is 1. The van der Waals surface area contributed by atoms with Gasteiger partial charge < -0.3 is 10.1 Å². The zero-order chi connectivity index (χ0) is 13.8. The zero-order valence-electron chi connectivity index (χ0n) is 11.9. The van der Waals surface area contributed by atoms with Crippen LogP contribution < -0.4 is 5.32 Å². The van der Waals surface area contributed by atoms with E-state index in [4.69, 9.17) is 4.74 Å². The van der Waals surface area contributed by atoms with Crippen molar-refractivity contribution < 1.29 is 4.74 Å². The number of morpholine rings is 1. The Balaban J connectivity index is 1.99. The lowest BCUT2D eigenvalue weighted by atomic mass is 10.0. The maximum absolute atomic E-state index is 5.99. The highest BCUT2D eigenvalue weighted by Crippen LogP contribution is 2.25. The van der Waals surface area contributed by atoms with Crippen molar-refractivity contribution in [3.63, 3.8) is 0 Å². The molecule has 0 amide bonds. The van der Waals surface area contributed by atoms with Crippen molar-refractivity contribution in [1.29, 1.82) is 0 Å². The van der Waals surface area contributed by atoms with Gasteiger partial charge in [0.15, 0.2) is 0 Å². The molecule has 0 aromatic carbocycles. The van der Waals surface area contributed by atoms with E-state index < -0.39 is 0 Å². The van der Waals surface area contributed by atoms with Crippen LogP contribution in [0, 0.1) is 0 Å². The maximum Gasteiger partial charge on any atom is 0.0858 e. The van der Waals surface area contributed by atoms with Gasteiger partial charge in [-0.15, -0.1) is 11.3 Å². The standard InChI is InChI=1S/C14H23BrN2OS/c1-10(2)17-5-6-18-13(9-17)12(16-3)8-14-11(15)4-7-19-14/h4,7,10,12-13,16H,5-6,8-9H2,1-3H3. The molecule has 1 saturated heterocycles. The van der Waals surface area contributed by atoms with Gasteiger partial charge in [-0.05, 0) is 48.3 Å². The summed E-state index contributed by atoms with van der Waals surface area (Å²) >= 11 is 5.42. The molecule has 2 unspecified atom stereocenters. The van der Waals surface area contributed by atoms with Gasteiger partial charge in [-0.3, -0.25) is 4.90 Å². The van der Waals surface area contributed by atoms with Crippen molar-refractivity contribution in [3.8, 4) is 0 Å². The van der Waals surface area contributed by atoms with Crippen LogP contribution in [-0.2, 0) is 11.2 Å². The van der Waals surface area contributed by atoms with E-state index in [2.05, 4.69) is 51.4 Å². The van der Waals surface area contributed by atoms with E-state index >= 15 is 0 Å². The number of halogens is 1. The SMILES string of the molecule is CNC(Cc1sccc1Br)C1CN(C(C)C)CCO1. The van der Waals surface area contributed by atoms with Crippen LogP contribution in [0.2, 0.25) is 0 Å². The second-order valence-electron chi connectivity index (χ2n) is 5.29. The zero-order valence-corrected chi connectivity index (χ0v) is 14.3. The third kappa shape index (κ3) is 4.02. The topological polar surface area (TPSA) is 24.5 Å². The van der Waals surface area contributed by atoms with Crippen molar-refractivity contribution in [1.82, 2.24) is 10.2 Å². The summed E-state index contributed by atoms with van der Waals surface area (Å²) < 4.78 is 7.20. The summed E-state index contributed by atoms with van der Waals surface area (Å²) in [6, 6.07) is 3.09. The molecule has 1 aliphatic rings. The molecule has 3 nitrogen and oxygen atoms in total. The molecule has 0 radical (unpaired) electrons. The van der Waals surface area contributed by atoms with E-state index in [0.717, 1.165) is 26.1 Å². The van der Waals surface area contributed by atoms with E-state index in [1.54, 1.807) is 0 Å². The lowest BCUT2D eigenvalue weighted by Gasteiger charge is -2.38. The normalized spacial score (nSPS) is 22.9. The first kappa shape index (κ1) is 15.4. The summed E-state index contributed by atoms with van der Waals surface area (Å²) in [7, 11) is 2.03. The van der Waals surface area contributed by atoms with Crippen LogP contribution in [0.25, 0.3) is 0 Å². The van der Waals surface area contributed by atoms with Crippen molar-refractivity contribution in [2.45, 2.75) is 38.5 Å². The number of rotatable bonds is 5. The molecule has 0 aliphatic carbocycles. The largest absolute Gasteiger partial charge is 0.374 e. The number of nitrogens with one attached hydrogen (secondary N) is 1. The Kier molecular flexibility index (Phi) is 5.84. The third-order valence-electron chi connectivity index (χ3n) is 3.77. The Bertz CT molecular complexity index is 397. The molecule has 1 aromatic heterocycles. The molecule has 2 atom stereocenters. The summed E-state index contributed by atoms with van der Waals surface area (Å²) in [5.74, 6) is 0. The molecule has 0 bridgehead atoms. The first-order valence-corrected chi connectivity index (χ1v) is 8.54. The first-order chi connectivity index (χ1) is 9.11. The maximum atomic E-state index is 5.99. The smallest absolute Gasteiger partial charge is 0.0858 e. The number of likely N-dealkylation sites (N-methyl/N-ethyl adjacent to an activating group) is 1. The Labute approximate surface area is 128 Å². The Morgan fingerprint density at radius 2 is 2.37 bits per heavy atom. The van der Waals surface area contributed by atoms with Gasteiger partial charge in [0, 0.05) is 40.9 Å². The van der Waals surface area contributed by atoms with E-state index in [-0.39, 0.29) is 6.10 Å². The molecule has 1 fully saturated rings. The molecule has 0 saturated carbocycles. The molecular weight excluding hydrogens is 324 g/mol. The first-order valence-electron chi connectivity index (χ1n) is 6.86. The lowest BCUT2D eigenvalue weighted by molar-refractivity contribution is -0.0541. The minimum absolute atomic E-state index is 0.273. The van der Waals surface area contributed by atoms with Gasteiger partial charge in [-0.1, -0.05) is 0 Å². The van der Waals surface area contributed by atoms with Gasteiger partial charge >= 0.3 is 0 Å². The fraction of sp³-hybridized carbons (Fsp3) is 0.714. The highest BCUT2D eigenvalue weighted by molar-refractivity contribution is 9.10. The summed E-state index contributed by atoms with van der Waals surface area (Å²) in [6.45, 7) is 7.42. The average molecular weight is 347 g/mol. The lowest BCUT2D eigenvalue weighted by Crippen LogP contribution is -2.53. The molecule has 2 heterocycles. The third-order valence-corrected chi connectivity index (χ3v) is 5.72. The second-order valence-corrected chi connectivity index (χ2v) is 7.14. The molecule has 2 rings (SSSR count). The molecule has 1 N–H and O–H groups in total. The predicted octanol–water partition coefficient (Wildman–Crippen LogP) is 2.75. The van der Waals surface area contributed by atoms with Crippen molar-refractivity contribution in [2.75, 3.05) is 26.7 Å². The number of hydrogen-bond donors (Lipinski definition) is 1. The number of nitrogens with zero attached hydrogens (tertiary/aromatic N) is 1. The molecule has 1 aromatic rings. The monoisotopic (exact) mass is 346 g/mol. The van der Waals surface area contributed by atoms with Gasteiger partial charge in [0.25, 0.3) is 0 Å². The van der Waals surface area contributed by atoms with Crippen LogP contribution in [-0.4, -0.2) is 49.8 Å². The molecule has 19 heavy (non-hydrogen) atoms. The molecule has 0 spiro atoms. The quantitative estimate of drug-likeness (QED) is 0.887. The Morgan fingerprint density at radius 3 is 2.95 bits per heavy atom. The molecule has 5 heteroatoms. The highest BCUT2D eigenvalue weighted by Gasteiger charge is 2.29. The summed E-state index contributed by atoms with van der Waals surface area (Å²) in [5, 5.41) is 5.56. The van der Waals surface area contributed by atoms with Crippen LogP contribution in [0.3, 0.4) is 0 Å². The van der Waals surface area contributed by atoms with E-state index in [9.17, 15) is 0 Å². The molecule has 1 aliphatic heterocycles. The fourth-order valence-corrected chi connectivity index (χ4v) is 4.07. The molecular formula is C14H23BrN2OS. The number of hydrogen-bond acceptors (Lipinski definition) is 4. The summed E-state index contributed by atoms with van der Waals surface area (Å²) in [5.41, 5.74) is 0. The predicted molar refractivity (Wildman–Crippen MR) is 85.0 cm³/mol. The highest BCUT2D eigenvalue weighted by atomic mass is 79.9. The average Bonchev–Trinajstić information content (AvgIpc) is 2.81. The van der Waals surface area contributed by atoms with Gasteiger partial charge in [-0.2, -0.15) is 0 Å². The fourth-order valence-electron chi connectivity index (χ4n) is 2.50. The van der Waals surface area contributed by atoms with Crippen molar-refractivity contribution in [2.24, 2.45) is 0 Å². The van der Waals surface area contributed by atoms with Gasteiger partial charge in [0.1, 0.15) is 0 Å². The van der Waals surface area contributed by atoms with Crippen molar-refractivity contribution >= 4 is 27.3 Å². The summed E-state index contributed by atoms with van der Waals surface area (Å²) in [4.78, 5) is 3.90. The Hall–Kier alpha value is 0.0600. The summed E-state index contributed by atoms with van der Waals surface area (Å²) in [6.07, 6.45) is 1.29. The van der Waals surface area contributed by atoms with Crippen LogP contribution in [0.15, 0.2) is 15.9 Å². The van der Waals surface area contributed by atoms with Crippen LogP contribution in [0.4, 0.5) is 0 Å². The van der Waals surface area contributed by atoms with Crippen molar-refractivity contribution in [3.05, 3.63) is 20.8 Å². The minimum Gasteiger partial charge on any atom is -0.374 e.